The minimum absolute atomic E-state index is 0.0228. The van der Waals surface area contributed by atoms with Crippen LogP contribution in [0, 0.1) is 0 Å². The molecule has 3 N–H and O–H groups in total. The number of methoxy groups -OCH3 is 2. The minimum atomic E-state index is -2.72. The Morgan fingerprint density at radius 2 is 1.25 bits per heavy atom. The van der Waals surface area contributed by atoms with E-state index in [1.54, 1.807) is 20.5 Å². The summed E-state index contributed by atoms with van der Waals surface area (Å²) in [6, 6.07) is 18.0. The van der Waals surface area contributed by atoms with Gasteiger partial charge in [-0.1, -0.05) is 104 Å². The van der Waals surface area contributed by atoms with Crippen molar-refractivity contribution in [2.75, 3.05) is 66.9 Å². The Balaban J connectivity index is 1.41. The second kappa shape index (κ2) is 24.3. The van der Waals surface area contributed by atoms with Crippen molar-refractivity contribution < 1.29 is 42.0 Å². The van der Waals surface area contributed by atoms with E-state index in [4.69, 9.17) is 47.7 Å². The zero-order valence-corrected chi connectivity index (χ0v) is 41.2. The SMILES string of the molecule is COCOCOCCCc1ccc([Si](OC[C@H]2O[C@@H](n3cnc4c(=O)[nH]c(N)nc43)C[C@@H]2O[Si](c2ccc(CCCOCOCOC)cc2)(C(C)C)C(C)C)(C(C)C)C(C)C)cc1. The van der Waals surface area contributed by atoms with Crippen molar-refractivity contribution in [3.05, 3.63) is 76.3 Å². The molecular formula is C46H73N5O10Si2. The fourth-order valence-electron chi connectivity index (χ4n) is 9.28. The van der Waals surface area contributed by atoms with Gasteiger partial charge in [-0.15, -0.1) is 0 Å². The van der Waals surface area contributed by atoms with Crippen LogP contribution in [-0.2, 0) is 54.9 Å². The monoisotopic (exact) mass is 911 g/mol. The Morgan fingerprint density at radius 3 is 1.75 bits per heavy atom. The number of hydrogen-bond acceptors (Lipinski definition) is 13. The number of hydrogen-bond donors (Lipinski definition) is 2. The maximum absolute atomic E-state index is 12.8. The molecule has 0 aliphatic carbocycles. The summed E-state index contributed by atoms with van der Waals surface area (Å²) in [5.74, 6) is 0.0228. The van der Waals surface area contributed by atoms with Crippen molar-refractivity contribution in [1.29, 1.82) is 0 Å². The smallest absolute Gasteiger partial charge is 0.280 e. The minimum Gasteiger partial charge on any atom is -0.409 e. The number of nitrogens with one attached hydrogen (secondary N) is 1. The molecule has 0 saturated carbocycles. The number of nitrogens with zero attached hydrogens (tertiary/aromatic N) is 3. The fourth-order valence-corrected chi connectivity index (χ4v) is 18.7. The topological polar surface area (TPSA) is 173 Å². The standard InChI is InChI=1S/C46H73N5O10Si2/c1-32(2)62(33(3)4,38-19-15-36(16-20-38)13-11-23-55-30-57-28-53-9)59-26-41-40(25-42(60-41)51-27-48-43-44(51)49-46(47)50-45(43)52)61-63(34(5)6,35(7)8)39-21-17-37(18-22-39)14-12-24-56-31-58-29-54-10/h15-22,27,32-35,40-42H,11-14,23-26,28-31H2,1-10H3,(H3,47,49,50,52)/t40-,41+,42+/m0/s1. The van der Waals surface area contributed by atoms with E-state index in [0.29, 0.717) is 31.9 Å². The van der Waals surface area contributed by atoms with Crippen LogP contribution in [0.3, 0.4) is 0 Å². The highest BCUT2D eigenvalue weighted by Crippen LogP contribution is 2.42. The number of nitrogens with two attached hydrogens (primary N) is 1. The van der Waals surface area contributed by atoms with Crippen LogP contribution in [-0.4, -0.2) is 110 Å². The van der Waals surface area contributed by atoms with E-state index in [0.717, 1.165) is 25.7 Å². The Kier molecular flexibility index (Phi) is 19.5. The normalized spacial score (nSPS) is 17.4. The molecule has 0 spiro atoms. The molecule has 1 aliphatic rings. The molecule has 1 saturated heterocycles. The lowest BCUT2D eigenvalue weighted by molar-refractivity contribution is -0.120. The van der Waals surface area contributed by atoms with Gasteiger partial charge >= 0.3 is 0 Å². The number of anilines is 1. The average molecular weight is 912 g/mol. The summed E-state index contributed by atoms with van der Waals surface area (Å²) >= 11 is 0. The van der Waals surface area contributed by atoms with Gasteiger partial charge in [0.1, 0.15) is 39.5 Å². The van der Waals surface area contributed by atoms with Gasteiger partial charge < -0.3 is 47.7 Å². The third-order valence-corrected chi connectivity index (χ3v) is 22.9. The van der Waals surface area contributed by atoms with Gasteiger partial charge in [-0.3, -0.25) is 14.3 Å². The third-order valence-electron chi connectivity index (χ3n) is 12.3. The van der Waals surface area contributed by atoms with Crippen molar-refractivity contribution in [3.8, 4) is 0 Å². The molecular weight excluding hydrogens is 839 g/mol. The van der Waals surface area contributed by atoms with E-state index in [9.17, 15) is 4.79 Å². The number of aromatic amines is 1. The summed E-state index contributed by atoms with van der Waals surface area (Å²) in [5.41, 5.74) is 9.76. The molecule has 15 nitrogen and oxygen atoms in total. The van der Waals surface area contributed by atoms with Crippen LogP contribution in [0.5, 0.6) is 0 Å². The highest BCUT2D eigenvalue weighted by atomic mass is 28.4. The summed E-state index contributed by atoms with van der Waals surface area (Å²) in [4.78, 5) is 24.3. The van der Waals surface area contributed by atoms with Gasteiger partial charge in [0, 0.05) is 33.9 Å². The second-order valence-electron chi connectivity index (χ2n) is 17.7. The molecule has 63 heavy (non-hydrogen) atoms. The molecule has 2 aromatic carbocycles. The predicted octanol–water partition coefficient (Wildman–Crippen LogP) is 6.79. The van der Waals surface area contributed by atoms with Crippen LogP contribution >= 0.6 is 0 Å². The zero-order valence-electron chi connectivity index (χ0n) is 39.2. The van der Waals surface area contributed by atoms with Gasteiger partial charge in [0.05, 0.1) is 19.0 Å². The Labute approximate surface area is 375 Å². The van der Waals surface area contributed by atoms with Gasteiger partial charge in [0.25, 0.3) is 5.56 Å². The van der Waals surface area contributed by atoms with E-state index in [1.165, 1.54) is 21.5 Å². The number of fused-ring (bicyclic) bond motifs is 1. The first-order chi connectivity index (χ1) is 30.3. The predicted molar refractivity (Wildman–Crippen MR) is 250 cm³/mol. The zero-order chi connectivity index (χ0) is 45.6. The molecule has 0 radical (unpaired) electrons. The quantitative estimate of drug-likeness (QED) is 0.0347. The molecule has 3 heterocycles. The van der Waals surface area contributed by atoms with Crippen molar-refractivity contribution >= 4 is 44.1 Å². The fraction of sp³-hybridized carbons (Fsp3) is 0.630. The first kappa shape index (κ1) is 50.7. The van der Waals surface area contributed by atoms with Crippen LogP contribution in [0.15, 0.2) is 59.7 Å². The molecule has 3 atom stereocenters. The number of aryl methyl sites for hydroxylation is 2. The summed E-state index contributed by atoms with van der Waals surface area (Å²) in [5, 5.41) is 2.50. The lowest BCUT2D eigenvalue weighted by atomic mass is 10.1. The summed E-state index contributed by atoms with van der Waals surface area (Å²) in [6.07, 6.45) is 4.44. The van der Waals surface area contributed by atoms with Crippen LogP contribution < -0.4 is 21.7 Å². The first-order valence-corrected chi connectivity index (χ1v) is 26.6. The van der Waals surface area contributed by atoms with Gasteiger partial charge in [-0.05, 0) is 69.3 Å². The van der Waals surface area contributed by atoms with Crippen molar-refractivity contribution in [1.82, 2.24) is 19.5 Å². The van der Waals surface area contributed by atoms with Gasteiger partial charge in [-0.2, -0.15) is 4.98 Å². The first-order valence-electron chi connectivity index (χ1n) is 22.5. The third kappa shape index (κ3) is 12.5. The number of ether oxygens (including phenoxy) is 7. The molecule has 5 rings (SSSR count). The largest absolute Gasteiger partial charge is 0.409 e. The summed E-state index contributed by atoms with van der Waals surface area (Å²) < 4.78 is 55.5. The highest BCUT2D eigenvalue weighted by Gasteiger charge is 2.51. The van der Waals surface area contributed by atoms with Gasteiger partial charge in [-0.25, -0.2) is 4.98 Å². The molecule has 1 aliphatic heterocycles. The number of H-pyrrole nitrogens is 1. The molecule has 2 aromatic heterocycles. The van der Waals surface area contributed by atoms with E-state index >= 15 is 0 Å². The van der Waals surface area contributed by atoms with E-state index in [1.807, 2.05) is 4.57 Å². The van der Waals surface area contributed by atoms with Crippen molar-refractivity contribution in [3.63, 3.8) is 0 Å². The molecule has 17 heteroatoms. The van der Waals surface area contributed by atoms with Gasteiger partial charge in [0.15, 0.2) is 11.2 Å². The van der Waals surface area contributed by atoms with E-state index < -0.39 is 34.5 Å². The molecule has 0 unspecified atom stereocenters. The molecule has 0 amide bonds. The molecule has 350 valence electrons. The van der Waals surface area contributed by atoms with Crippen LogP contribution in [0.1, 0.15) is 92.0 Å². The molecule has 1 fully saturated rings. The van der Waals surface area contributed by atoms with Crippen LogP contribution in [0.25, 0.3) is 11.2 Å². The van der Waals surface area contributed by atoms with Gasteiger partial charge in [0.2, 0.25) is 22.6 Å². The molecule has 0 bridgehead atoms. The Morgan fingerprint density at radius 1 is 0.746 bits per heavy atom. The van der Waals surface area contributed by atoms with Crippen LogP contribution in [0.2, 0.25) is 22.2 Å². The van der Waals surface area contributed by atoms with Crippen LogP contribution in [0.4, 0.5) is 5.95 Å². The number of nitrogen functional groups attached to an aromatic ring is 1. The summed E-state index contributed by atoms with van der Waals surface area (Å²) in [6.45, 7) is 20.7. The number of imidazole rings is 1. The number of rotatable bonds is 28. The van der Waals surface area contributed by atoms with E-state index in [-0.39, 0.29) is 66.9 Å². The van der Waals surface area contributed by atoms with Crippen molar-refractivity contribution in [2.24, 2.45) is 0 Å². The maximum Gasteiger partial charge on any atom is 0.280 e. The Hall–Kier alpha value is -3.34. The lowest BCUT2D eigenvalue weighted by Crippen LogP contribution is -2.60. The van der Waals surface area contributed by atoms with E-state index in [2.05, 4.69) is 119 Å². The average Bonchev–Trinajstić information content (AvgIpc) is 3.86. The lowest BCUT2D eigenvalue weighted by Gasteiger charge is -2.43. The highest BCUT2D eigenvalue weighted by molar-refractivity contribution is 6.89. The van der Waals surface area contributed by atoms with Crippen molar-refractivity contribution in [2.45, 2.75) is 128 Å². The number of benzene rings is 2. The Bertz CT molecular complexity index is 2000. The number of aromatic nitrogens is 4. The maximum atomic E-state index is 12.8. The summed E-state index contributed by atoms with van der Waals surface area (Å²) in [7, 11) is -2.18. The second-order valence-corrected chi connectivity index (χ2v) is 27.2. The molecule has 4 aromatic rings.